The van der Waals surface area contributed by atoms with E-state index in [1.807, 2.05) is 18.2 Å². The maximum atomic E-state index is 12.2. The lowest BCUT2D eigenvalue weighted by Crippen LogP contribution is -2.20. The van der Waals surface area contributed by atoms with Crippen molar-refractivity contribution >= 4 is 29.0 Å². The van der Waals surface area contributed by atoms with Crippen LogP contribution in [0.4, 0.5) is 5.69 Å². The van der Waals surface area contributed by atoms with Crippen LogP contribution in [0.25, 0.3) is 0 Å². The molecule has 0 unspecified atom stereocenters. The number of anilines is 1. The number of alkyl halides is 1. The van der Waals surface area contributed by atoms with Gasteiger partial charge < -0.3 is 5.32 Å². The van der Waals surface area contributed by atoms with Gasteiger partial charge in [-0.25, -0.2) is 0 Å². The summed E-state index contributed by atoms with van der Waals surface area (Å²) >= 11 is 5.67. The molecule has 0 aromatic heterocycles. The molecule has 1 N–H and O–H groups in total. The van der Waals surface area contributed by atoms with Gasteiger partial charge in [0.1, 0.15) is 5.38 Å². The number of carbonyl (C=O) groups is 2. The van der Waals surface area contributed by atoms with Crippen molar-refractivity contribution in [2.75, 3.05) is 5.32 Å². The summed E-state index contributed by atoms with van der Waals surface area (Å²) < 4.78 is 0. The zero-order valence-electron chi connectivity index (χ0n) is 11.0. The van der Waals surface area contributed by atoms with Crippen molar-refractivity contribution in [1.29, 1.82) is 0 Å². The van der Waals surface area contributed by atoms with Crippen LogP contribution in [0.3, 0.4) is 0 Å². The Kier molecular flexibility index (Phi) is 4.53. The maximum absolute atomic E-state index is 12.2. The Labute approximate surface area is 122 Å². The Morgan fingerprint density at radius 1 is 0.950 bits per heavy atom. The van der Waals surface area contributed by atoms with Gasteiger partial charge in [-0.3, -0.25) is 9.59 Å². The molecule has 2 rings (SSSR count). The number of hydrogen-bond acceptors (Lipinski definition) is 2. The first-order valence-corrected chi connectivity index (χ1v) is 6.66. The van der Waals surface area contributed by atoms with Crippen molar-refractivity contribution in [3.8, 4) is 0 Å². The minimum atomic E-state index is -0.597. The zero-order valence-corrected chi connectivity index (χ0v) is 11.7. The Balaban J connectivity index is 2.12. The largest absolute Gasteiger partial charge is 0.325 e. The smallest absolute Gasteiger partial charge is 0.242 e. The summed E-state index contributed by atoms with van der Waals surface area (Å²) in [5, 5.41) is 2.07. The quantitative estimate of drug-likeness (QED) is 0.691. The highest BCUT2D eigenvalue weighted by molar-refractivity contribution is 6.32. The molecule has 2 aromatic carbocycles. The Morgan fingerprint density at radius 2 is 1.50 bits per heavy atom. The number of benzene rings is 2. The van der Waals surface area contributed by atoms with Gasteiger partial charge >= 0.3 is 0 Å². The van der Waals surface area contributed by atoms with Crippen LogP contribution in [0.15, 0.2) is 54.6 Å². The van der Waals surface area contributed by atoms with E-state index in [9.17, 15) is 9.59 Å². The number of halogens is 1. The van der Waals surface area contributed by atoms with Gasteiger partial charge in [0.2, 0.25) is 5.91 Å². The highest BCUT2D eigenvalue weighted by atomic mass is 35.5. The SMILES string of the molecule is C[C@H](Cl)C(=O)Nc1ccc(C(=O)c2ccccc2)cc1. The second-order valence-electron chi connectivity index (χ2n) is 4.38. The van der Waals surface area contributed by atoms with Crippen molar-refractivity contribution in [3.63, 3.8) is 0 Å². The van der Waals surface area contributed by atoms with Crippen LogP contribution < -0.4 is 5.32 Å². The van der Waals surface area contributed by atoms with Crippen LogP contribution in [-0.4, -0.2) is 17.1 Å². The molecule has 0 spiro atoms. The van der Waals surface area contributed by atoms with E-state index in [2.05, 4.69) is 5.32 Å². The third kappa shape index (κ3) is 3.45. The average molecular weight is 288 g/mol. The highest BCUT2D eigenvalue weighted by Gasteiger charge is 2.11. The van der Waals surface area contributed by atoms with E-state index >= 15 is 0 Å². The van der Waals surface area contributed by atoms with E-state index in [0.717, 1.165) is 0 Å². The van der Waals surface area contributed by atoms with Crippen LogP contribution in [0.2, 0.25) is 0 Å². The van der Waals surface area contributed by atoms with Gasteiger partial charge in [-0.1, -0.05) is 30.3 Å². The summed E-state index contributed by atoms with van der Waals surface area (Å²) in [4.78, 5) is 23.6. The number of rotatable bonds is 4. The maximum Gasteiger partial charge on any atom is 0.242 e. The molecule has 20 heavy (non-hydrogen) atoms. The van der Waals surface area contributed by atoms with Gasteiger partial charge in [0.05, 0.1) is 0 Å². The molecule has 3 nitrogen and oxygen atoms in total. The van der Waals surface area contributed by atoms with E-state index in [0.29, 0.717) is 16.8 Å². The standard InChI is InChI=1S/C16H14ClNO2/c1-11(17)16(20)18-14-9-7-13(8-10-14)15(19)12-5-3-2-4-6-12/h2-11H,1H3,(H,18,20)/t11-/m0/s1. The monoisotopic (exact) mass is 287 g/mol. The molecule has 102 valence electrons. The fourth-order valence-electron chi connectivity index (χ4n) is 1.70. The summed E-state index contributed by atoms with van der Waals surface area (Å²) in [5.74, 6) is -0.317. The molecule has 0 aliphatic heterocycles. The number of ketones is 1. The van der Waals surface area contributed by atoms with Crippen molar-refractivity contribution in [1.82, 2.24) is 0 Å². The van der Waals surface area contributed by atoms with E-state index in [-0.39, 0.29) is 11.7 Å². The van der Waals surface area contributed by atoms with Crippen LogP contribution in [0, 0.1) is 0 Å². The first-order valence-electron chi connectivity index (χ1n) is 6.22. The molecule has 0 saturated heterocycles. The molecule has 1 atom stereocenters. The number of hydrogen-bond donors (Lipinski definition) is 1. The molecule has 0 heterocycles. The van der Waals surface area contributed by atoms with E-state index in [4.69, 9.17) is 11.6 Å². The lowest BCUT2D eigenvalue weighted by atomic mass is 10.0. The predicted molar refractivity (Wildman–Crippen MR) is 80.3 cm³/mol. The minimum Gasteiger partial charge on any atom is -0.325 e. The second-order valence-corrected chi connectivity index (χ2v) is 5.03. The first-order chi connectivity index (χ1) is 9.58. The lowest BCUT2D eigenvalue weighted by molar-refractivity contribution is -0.115. The summed E-state index contributed by atoms with van der Waals surface area (Å²) in [6.45, 7) is 1.60. The topological polar surface area (TPSA) is 46.2 Å². The number of carbonyl (C=O) groups excluding carboxylic acids is 2. The summed E-state index contributed by atoms with van der Waals surface area (Å²) in [7, 11) is 0. The van der Waals surface area contributed by atoms with Crippen LogP contribution in [0.5, 0.6) is 0 Å². The van der Waals surface area contributed by atoms with Gasteiger partial charge in [-0.2, -0.15) is 0 Å². The van der Waals surface area contributed by atoms with Crippen molar-refractivity contribution in [2.24, 2.45) is 0 Å². The average Bonchev–Trinajstić information content (AvgIpc) is 2.48. The summed E-state index contributed by atoms with van der Waals surface area (Å²) in [6, 6.07) is 15.8. The Bertz CT molecular complexity index is 606. The molecule has 0 bridgehead atoms. The molecule has 0 fully saturated rings. The van der Waals surface area contributed by atoms with Crippen molar-refractivity contribution in [2.45, 2.75) is 12.3 Å². The predicted octanol–water partition coefficient (Wildman–Crippen LogP) is 3.48. The molecular formula is C16H14ClNO2. The fraction of sp³-hybridized carbons (Fsp3) is 0.125. The zero-order chi connectivity index (χ0) is 14.5. The van der Waals surface area contributed by atoms with Crippen LogP contribution in [-0.2, 0) is 4.79 Å². The van der Waals surface area contributed by atoms with E-state index < -0.39 is 5.38 Å². The normalized spacial score (nSPS) is 11.7. The molecule has 0 radical (unpaired) electrons. The Morgan fingerprint density at radius 3 is 2.05 bits per heavy atom. The van der Waals surface area contributed by atoms with Gasteiger partial charge in [0.25, 0.3) is 0 Å². The third-order valence-electron chi connectivity index (χ3n) is 2.81. The second kappa shape index (κ2) is 6.35. The summed E-state index contributed by atoms with van der Waals surface area (Å²) in [6.07, 6.45) is 0. The first kappa shape index (κ1) is 14.3. The molecule has 0 saturated carbocycles. The molecule has 4 heteroatoms. The highest BCUT2D eigenvalue weighted by Crippen LogP contribution is 2.14. The van der Waals surface area contributed by atoms with Gasteiger partial charge in [-0.05, 0) is 31.2 Å². The molecular weight excluding hydrogens is 274 g/mol. The summed E-state index contributed by atoms with van der Waals surface area (Å²) in [5.41, 5.74) is 1.83. The molecule has 1 amide bonds. The van der Waals surface area contributed by atoms with Crippen LogP contribution in [0.1, 0.15) is 22.8 Å². The van der Waals surface area contributed by atoms with Gasteiger partial charge in [-0.15, -0.1) is 11.6 Å². The molecule has 2 aromatic rings. The third-order valence-corrected chi connectivity index (χ3v) is 3.01. The lowest BCUT2D eigenvalue weighted by Gasteiger charge is -2.07. The van der Waals surface area contributed by atoms with Crippen molar-refractivity contribution < 1.29 is 9.59 Å². The number of amides is 1. The molecule has 0 aliphatic rings. The van der Waals surface area contributed by atoms with Crippen LogP contribution >= 0.6 is 11.6 Å². The van der Waals surface area contributed by atoms with Gasteiger partial charge in [0, 0.05) is 16.8 Å². The van der Waals surface area contributed by atoms with E-state index in [1.54, 1.807) is 43.3 Å². The van der Waals surface area contributed by atoms with Gasteiger partial charge in [0.15, 0.2) is 5.78 Å². The molecule has 0 aliphatic carbocycles. The minimum absolute atomic E-state index is 0.0470. The fourth-order valence-corrected chi connectivity index (χ4v) is 1.76. The Hall–Kier alpha value is -2.13. The van der Waals surface area contributed by atoms with Crippen molar-refractivity contribution in [3.05, 3.63) is 65.7 Å². The van der Waals surface area contributed by atoms with E-state index in [1.165, 1.54) is 0 Å². The number of nitrogens with one attached hydrogen (secondary N) is 1.